The van der Waals surface area contributed by atoms with Crippen LogP contribution < -0.4 is 5.32 Å². The molecule has 0 aliphatic carbocycles. The average molecular weight is 297 g/mol. The highest BCUT2D eigenvalue weighted by Gasteiger charge is 2.17. The van der Waals surface area contributed by atoms with Crippen LogP contribution in [-0.2, 0) is 6.54 Å². The summed E-state index contributed by atoms with van der Waals surface area (Å²) in [4.78, 5) is 10.5. The van der Waals surface area contributed by atoms with Gasteiger partial charge in [0.2, 0.25) is 0 Å². The molecule has 0 unspecified atom stereocenters. The average Bonchev–Trinajstić information content (AvgIpc) is 2.26. The molecule has 0 saturated heterocycles. The predicted molar refractivity (Wildman–Crippen MR) is 70.5 cm³/mol. The summed E-state index contributed by atoms with van der Waals surface area (Å²) in [5.74, 6) is 2.58. The van der Waals surface area contributed by atoms with Gasteiger partial charge in [-0.2, -0.15) is 0 Å². The summed E-state index contributed by atoms with van der Waals surface area (Å²) in [6.07, 6.45) is 5.34. The Bertz CT molecular complexity index is 478. The molecular formula is C12H13BrN2O2. The molecule has 0 fully saturated rings. The van der Waals surface area contributed by atoms with Gasteiger partial charge >= 0.3 is 0 Å². The minimum absolute atomic E-state index is 0.0912. The summed E-state index contributed by atoms with van der Waals surface area (Å²) < 4.78 is 0.804. The van der Waals surface area contributed by atoms with Gasteiger partial charge in [-0.25, -0.2) is 0 Å². The molecule has 0 heterocycles. The van der Waals surface area contributed by atoms with Crippen LogP contribution >= 0.6 is 15.9 Å². The lowest BCUT2D eigenvalue weighted by molar-refractivity contribution is -0.385. The van der Waals surface area contributed by atoms with Crippen LogP contribution in [0.3, 0.4) is 0 Å². The number of rotatable bonds is 4. The van der Waals surface area contributed by atoms with E-state index in [-0.39, 0.29) is 5.69 Å². The van der Waals surface area contributed by atoms with E-state index in [9.17, 15) is 10.1 Å². The van der Waals surface area contributed by atoms with Crippen LogP contribution in [0.2, 0.25) is 0 Å². The molecule has 0 saturated carbocycles. The summed E-state index contributed by atoms with van der Waals surface area (Å²) in [6, 6.07) is 4.84. The molecule has 1 N–H and O–H groups in total. The first kappa shape index (κ1) is 13.7. The minimum Gasteiger partial charge on any atom is -0.297 e. The molecule has 0 aromatic heterocycles. The van der Waals surface area contributed by atoms with Crippen molar-refractivity contribution in [1.29, 1.82) is 0 Å². The third-order valence-corrected chi connectivity index (χ3v) is 2.81. The Morgan fingerprint density at radius 3 is 2.76 bits per heavy atom. The zero-order valence-electron chi connectivity index (χ0n) is 9.66. The zero-order valence-corrected chi connectivity index (χ0v) is 11.2. The van der Waals surface area contributed by atoms with Gasteiger partial charge < -0.3 is 0 Å². The van der Waals surface area contributed by atoms with E-state index in [1.807, 2.05) is 13.8 Å². The Morgan fingerprint density at radius 1 is 1.59 bits per heavy atom. The summed E-state index contributed by atoms with van der Waals surface area (Å²) in [6.45, 7) is 4.04. The van der Waals surface area contributed by atoms with Crippen molar-refractivity contribution < 1.29 is 4.92 Å². The molecule has 4 nitrogen and oxygen atoms in total. The maximum absolute atomic E-state index is 10.8. The Morgan fingerprint density at radius 2 is 2.24 bits per heavy atom. The Balaban J connectivity index is 2.94. The van der Waals surface area contributed by atoms with Crippen molar-refractivity contribution in [2.45, 2.75) is 25.9 Å². The van der Waals surface area contributed by atoms with Gasteiger partial charge in [-0.05, 0) is 26.0 Å². The molecular weight excluding hydrogens is 284 g/mol. The van der Waals surface area contributed by atoms with Crippen LogP contribution in [0, 0.1) is 22.5 Å². The number of halogens is 1. The van der Waals surface area contributed by atoms with Crippen molar-refractivity contribution in [3.05, 3.63) is 38.3 Å². The van der Waals surface area contributed by atoms with E-state index in [0.717, 1.165) is 4.47 Å². The van der Waals surface area contributed by atoms with Gasteiger partial charge in [0.25, 0.3) is 5.69 Å². The van der Waals surface area contributed by atoms with Gasteiger partial charge in [0.15, 0.2) is 0 Å². The lowest BCUT2D eigenvalue weighted by atomic mass is 10.1. The van der Waals surface area contributed by atoms with Crippen molar-refractivity contribution in [2.24, 2.45) is 0 Å². The van der Waals surface area contributed by atoms with Crippen molar-refractivity contribution in [2.75, 3.05) is 0 Å². The van der Waals surface area contributed by atoms with Gasteiger partial charge in [0.1, 0.15) is 0 Å². The van der Waals surface area contributed by atoms with E-state index in [2.05, 4.69) is 27.2 Å². The third kappa shape index (κ3) is 3.84. The SMILES string of the molecule is C#CC(C)(C)NCc1cc(Br)ccc1[N+](=O)[O-]. The Labute approximate surface area is 109 Å². The third-order valence-electron chi connectivity index (χ3n) is 2.32. The molecule has 0 amide bonds. The number of nitrogens with one attached hydrogen (secondary N) is 1. The quantitative estimate of drug-likeness (QED) is 0.528. The van der Waals surface area contributed by atoms with Crippen molar-refractivity contribution in [3.63, 3.8) is 0 Å². The number of nitro groups is 1. The highest BCUT2D eigenvalue weighted by Crippen LogP contribution is 2.23. The van der Waals surface area contributed by atoms with Gasteiger partial charge in [0.05, 0.1) is 10.5 Å². The fourth-order valence-corrected chi connectivity index (χ4v) is 1.65. The van der Waals surface area contributed by atoms with Crippen molar-refractivity contribution in [1.82, 2.24) is 5.32 Å². The predicted octanol–water partition coefficient (Wildman–Crippen LogP) is 2.86. The summed E-state index contributed by atoms with van der Waals surface area (Å²) in [5, 5.41) is 13.9. The first-order valence-corrected chi connectivity index (χ1v) is 5.80. The molecule has 0 spiro atoms. The molecule has 1 aromatic rings. The van der Waals surface area contributed by atoms with Crippen LogP contribution in [0.15, 0.2) is 22.7 Å². The van der Waals surface area contributed by atoms with E-state index >= 15 is 0 Å². The molecule has 0 aliphatic rings. The second-order valence-corrected chi connectivity index (χ2v) is 5.07. The fourth-order valence-electron chi connectivity index (χ4n) is 1.24. The lowest BCUT2D eigenvalue weighted by Gasteiger charge is -2.19. The molecule has 0 atom stereocenters. The lowest BCUT2D eigenvalue weighted by Crippen LogP contribution is -2.37. The summed E-state index contributed by atoms with van der Waals surface area (Å²) in [5.41, 5.74) is 0.206. The number of nitrogens with zero attached hydrogens (tertiary/aromatic N) is 1. The molecule has 0 radical (unpaired) electrons. The van der Waals surface area contributed by atoms with Gasteiger partial charge in [-0.15, -0.1) is 6.42 Å². The fraction of sp³-hybridized carbons (Fsp3) is 0.333. The number of hydrogen-bond acceptors (Lipinski definition) is 3. The topological polar surface area (TPSA) is 55.2 Å². The van der Waals surface area contributed by atoms with E-state index in [0.29, 0.717) is 12.1 Å². The van der Waals surface area contributed by atoms with Gasteiger partial charge in [-0.1, -0.05) is 21.9 Å². The van der Waals surface area contributed by atoms with Crippen LogP contribution in [0.5, 0.6) is 0 Å². The molecule has 0 aliphatic heterocycles. The van der Waals surface area contributed by atoms with Gasteiger partial charge in [0, 0.05) is 22.6 Å². The first-order valence-electron chi connectivity index (χ1n) is 5.01. The Kier molecular flexibility index (Phi) is 4.27. The molecule has 0 bridgehead atoms. The van der Waals surface area contributed by atoms with Crippen LogP contribution in [0.1, 0.15) is 19.4 Å². The van der Waals surface area contributed by atoms with Crippen LogP contribution in [-0.4, -0.2) is 10.5 Å². The molecule has 1 aromatic carbocycles. The zero-order chi connectivity index (χ0) is 13.1. The Hall–Kier alpha value is -1.38. The largest absolute Gasteiger partial charge is 0.297 e. The standard InChI is InChI=1S/C12H13BrN2O2/c1-4-12(2,3)14-8-9-7-10(13)5-6-11(9)15(16)17/h1,5-7,14H,8H2,2-3H3. The van der Waals surface area contributed by atoms with Gasteiger partial charge in [-0.3, -0.25) is 15.4 Å². The second kappa shape index (κ2) is 5.30. The highest BCUT2D eigenvalue weighted by atomic mass is 79.9. The van der Waals surface area contributed by atoms with E-state index < -0.39 is 10.5 Å². The molecule has 1 rings (SSSR count). The minimum atomic E-state index is -0.490. The summed E-state index contributed by atoms with van der Waals surface area (Å²) in [7, 11) is 0. The number of nitro benzene ring substituents is 1. The highest BCUT2D eigenvalue weighted by molar-refractivity contribution is 9.10. The van der Waals surface area contributed by atoms with E-state index in [1.54, 1.807) is 12.1 Å². The molecule has 5 heteroatoms. The first-order chi connectivity index (χ1) is 7.85. The smallest absolute Gasteiger partial charge is 0.273 e. The van der Waals surface area contributed by atoms with E-state index in [1.165, 1.54) is 6.07 Å². The maximum atomic E-state index is 10.8. The second-order valence-electron chi connectivity index (χ2n) is 4.15. The normalized spacial score (nSPS) is 10.9. The number of hydrogen-bond donors (Lipinski definition) is 1. The monoisotopic (exact) mass is 296 g/mol. The van der Waals surface area contributed by atoms with Crippen molar-refractivity contribution in [3.8, 4) is 12.3 Å². The maximum Gasteiger partial charge on any atom is 0.273 e. The van der Waals surface area contributed by atoms with Crippen LogP contribution in [0.25, 0.3) is 0 Å². The molecule has 17 heavy (non-hydrogen) atoms. The van der Waals surface area contributed by atoms with Crippen LogP contribution in [0.4, 0.5) is 5.69 Å². The number of terminal acetylenes is 1. The molecule has 90 valence electrons. The summed E-state index contributed by atoms with van der Waals surface area (Å²) >= 11 is 3.29. The number of benzene rings is 1. The van der Waals surface area contributed by atoms with Crippen molar-refractivity contribution >= 4 is 21.6 Å². The van der Waals surface area contributed by atoms with E-state index in [4.69, 9.17) is 6.42 Å².